The van der Waals surface area contributed by atoms with Crippen molar-refractivity contribution in [3.8, 4) is 11.5 Å². The highest BCUT2D eigenvalue weighted by atomic mass is 16.6. The van der Waals surface area contributed by atoms with Gasteiger partial charge in [0.15, 0.2) is 11.5 Å². The van der Waals surface area contributed by atoms with Crippen LogP contribution in [0, 0.1) is 0 Å². The molecule has 5 nitrogen and oxygen atoms in total. The molecule has 1 saturated heterocycles. The lowest BCUT2D eigenvalue weighted by Crippen LogP contribution is -2.36. The first kappa shape index (κ1) is 19.8. The lowest BCUT2D eigenvalue weighted by molar-refractivity contribution is -0.121. The van der Waals surface area contributed by atoms with E-state index in [0.717, 1.165) is 37.4 Å². The molecule has 2 aromatic carbocycles. The topological polar surface area (TPSA) is 50.8 Å². The van der Waals surface area contributed by atoms with Crippen molar-refractivity contribution in [2.24, 2.45) is 0 Å². The number of likely N-dealkylation sites (tertiary alicyclic amines) is 1. The van der Waals surface area contributed by atoms with Crippen LogP contribution in [-0.4, -0.2) is 43.7 Å². The zero-order chi connectivity index (χ0) is 19.9. The third-order valence-corrected chi connectivity index (χ3v) is 5.73. The van der Waals surface area contributed by atoms with Crippen molar-refractivity contribution in [2.45, 2.75) is 38.1 Å². The number of hydrogen-bond donors (Lipinski definition) is 1. The minimum absolute atomic E-state index is 0.127. The molecule has 1 atom stereocenters. The van der Waals surface area contributed by atoms with Gasteiger partial charge in [0.2, 0.25) is 5.91 Å². The molecular formula is C24H30N2O3. The monoisotopic (exact) mass is 394 g/mol. The third kappa shape index (κ3) is 5.30. The molecule has 2 aliphatic heterocycles. The molecule has 154 valence electrons. The van der Waals surface area contributed by atoms with Crippen LogP contribution in [0.25, 0.3) is 0 Å². The number of carbonyl (C=O) groups excluding carboxylic acids is 1. The Kier molecular flexibility index (Phi) is 6.67. The van der Waals surface area contributed by atoms with Crippen molar-refractivity contribution in [3.63, 3.8) is 0 Å². The van der Waals surface area contributed by atoms with Gasteiger partial charge in [-0.25, -0.2) is 0 Å². The van der Waals surface area contributed by atoms with E-state index >= 15 is 0 Å². The zero-order valence-corrected chi connectivity index (χ0v) is 16.9. The fraction of sp³-hybridized carbons (Fsp3) is 0.458. The summed E-state index contributed by atoms with van der Waals surface area (Å²) in [4.78, 5) is 14.9. The number of benzene rings is 2. The highest BCUT2D eigenvalue weighted by Crippen LogP contribution is 2.31. The summed E-state index contributed by atoms with van der Waals surface area (Å²) in [5, 5.41) is 3.17. The molecule has 2 heterocycles. The molecule has 0 radical (unpaired) electrons. The van der Waals surface area contributed by atoms with Crippen LogP contribution in [0.5, 0.6) is 11.5 Å². The maximum absolute atomic E-state index is 12.4. The average molecular weight is 395 g/mol. The number of carbonyl (C=O) groups is 1. The molecule has 1 N–H and O–H groups in total. The molecule has 4 rings (SSSR count). The van der Waals surface area contributed by atoms with Crippen LogP contribution in [-0.2, 0) is 11.2 Å². The summed E-state index contributed by atoms with van der Waals surface area (Å²) in [5.74, 6) is 1.75. The van der Waals surface area contributed by atoms with Crippen molar-refractivity contribution in [1.29, 1.82) is 0 Å². The van der Waals surface area contributed by atoms with E-state index < -0.39 is 0 Å². The minimum atomic E-state index is 0.127. The fourth-order valence-corrected chi connectivity index (χ4v) is 4.18. The van der Waals surface area contributed by atoms with E-state index in [4.69, 9.17) is 9.47 Å². The van der Waals surface area contributed by atoms with Gasteiger partial charge >= 0.3 is 0 Å². The average Bonchev–Trinajstić information content (AvgIpc) is 3.29. The number of nitrogens with zero attached hydrogens (tertiary/aromatic N) is 1. The summed E-state index contributed by atoms with van der Waals surface area (Å²) in [5.41, 5.74) is 2.47. The maximum Gasteiger partial charge on any atom is 0.220 e. The predicted molar refractivity (Wildman–Crippen MR) is 113 cm³/mol. The van der Waals surface area contributed by atoms with Crippen LogP contribution in [0.2, 0.25) is 0 Å². The largest absolute Gasteiger partial charge is 0.486 e. The van der Waals surface area contributed by atoms with E-state index in [9.17, 15) is 4.79 Å². The Morgan fingerprint density at radius 3 is 2.55 bits per heavy atom. The van der Waals surface area contributed by atoms with Crippen LogP contribution in [0.4, 0.5) is 0 Å². The van der Waals surface area contributed by atoms with Crippen molar-refractivity contribution in [1.82, 2.24) is 10.2 Å². The number of rotatable bonds is 8. The first-order valence-electron chi connectivity index (χ1n) is 10.7. The number of fused-ring (bicyclic) bond motifs is 1. The Morgan fingerprint density at radius 1 is 1.00 bits per heavy atom. The van der Waals surface area contributed by atoms with Gasteiger partial charge in [0.1, 0.15) is 13.2 Å². The predicted octanol–water partition coefficient (Wildman–Crippen LogP) is 3.73. The summed E-state index contributed by atoms with van der Waals surface area (Å²) in [6, 6.07) is 16.8. The molecule has 0 aromatic heterocycles. The van der Waals surface area contributed by atoms with Crippen molar-refractivity contribution in [3.05, 3.63) is 59.7 Å². The van der Waals surface area contributed by atoms with E-state index in [1.165, 1.54) is 24.0 Å². The Bertz CT molecular complexity index is 803. The van der Waals surface area contributed by atoms with Gasteiger partial charge < -0.3 is 14.8 Å². The van der Waals surface area contributed by atoms with Gasteiger partial charge in [-0.2, -0.15) is 0 Å². The van der Waals surface area contributed by atoms with Crippen LogP contribution < -0.4 is 14.8 Å². The molecule has 0 aliphatic carbocycles. The van der Waals surface area contributed by atoms with Gasteiger partial charge in [-0.05, 0) is 62.0 Å². The van der Waals surface area contributed by atoms with Crippen LogP contribution in [0.3, 0.4) is 0 Å². The second-order valence-corrected chi connectivity index (χ2v) is 7.81. The molecule has 0 bridgehead atoms. The third-order valence-electron chi connectivity index (χ3n) is 5.73. The number of hydrogen-bond acceptors (Lipinski definition) is 4. The quantitative estimate of drug-likeness (QED) is 0.741. The van der Waals surface area contributed by atoms with Gasteiger partial charge in [0.05, 0.1) is 6.04 Å². The molecule has 1 amide bonds. The lowest BCUT2D eigenvalue weighted by atomic mass is 10.0. The minimum Gasteiger partial charge on any atom is -0.486 e. The standard InChI is InChI=1S/C24H30N2O3/c27-24(10-6-7-19-11-12-22-23(17-19)29-16-15-28-22)25-18-21(26-13-4-5-14-26)20-8-2-1-3-9-20/h1-3,8-9,11-12,17,21H,4-7,10,13-16,18H2,(H,25,27). The molecule has 2 aromatic rings. The van der Waals surface area contributed by atoms with Crippen molar-refractivity contribution in [2.75, 3.05) is 32.8 Å². The zero-order valence-electron chi connectivity index (χ0n) is 16.9. The Morgan fingerprint density at radius 2 is 1.76 bits per heavy atom. The Hall–Kier alpha value is -2.53. The SMILES string of the molecule is O=C(CCCc1ccc2c(c1)OCCO2)NCC(c1ccccc1)N1CCCC1. The van der Waals surface area contributed by atoms with Gasteiger partial charge in [0, 0.05) is 13.0 Å². The van der Waals surface area contributed by atoms with E-state index in [1.807, 2.05) is 18.2 Å². The van der Waals surface area contributed by atoms with Gasteiger partial charge in [-0.1, -0.05) is 36.4 Å². The Balaban J connectivity index is 1.25. The van der Waals surface area contributed by atoms with E-state index in [0.29, 0.717) is 26.2 Å². The van der Waals surface area contributed by atoms with Gasteiger partial charge in [-0.15, -0.1) is 0 Å². The number of ether oxygens (including phenoxy) is 2. The molecule has 2 aliphatic rings. The van der Waals surface area contributed by atoms with Gasteiger partial charge in [-0.3, -0.25) is 9.69 Å². The summed E-state index contributed by atoms with van der Waals surface area (Å²) in [6.07, 6.45) is 4.71. The fourth-order valence-electron chi connectivity index (χ4n) is 4.18. The second-order valence-electron chi connectivity index (χ2n) is 7.81. The first-order valence-corrected chi connectivity index (χ1v) is 10.7. The van der Waals surface area contributed by atoms with Crippen LogP contribution >= 0.6 is 0 Å². The smallest absolute Gasteiger partial charge is 0.220 e. The normalized spacial score (nSPS) is 17.1. The number of amides is 1. The van der Waals surface area contributed by atoms with E-state index in [2.05, 4.69) is 40.5 Å². The highest BCUT2D eigenvalue weighted by molar-refractivity contribution is 5.75. The van der Waals surface area contributed by atoms with Crippen LogP contribution in [0.1, 0.15) is 42.9 Å². The summed E-state index contributed by atoms with van der Waals surface area (Å²) < 4.78 is 11.2. The summed E-state index contributed by atoms with van der Waals surface area (Å²) in [7, 11) is 0. The molecule has 0 saturated carbocycles. The van der Waals surface area contributed by atoms with Crippen LogP contribution in [0.15, 0.2) is 48.5 Å². The summed E-state index contributed by atoms with van der Waals surface area (Å²) in [6.45, 7) is 4.10. The second kappa shape index (κ2) is 9.79. The molecule has 1 fully saturated rings. The van der Waals surface area contributed by atoms with Crippen molar-refractivity contribution < 1.29 is 14.3 Å². The van der Waals surface area contributed by atoms with E-state index in [1.54, 1.807) is 0 Å². The Labute approximate surface area is 173 Å². The number of aryl methyl sites for hydroxylation is 1. The molecule has 1 unspecified atom stereocenters. The maximum atomic E-state index is 12.4. The van der Waals surface area contributed by atoms with E-state index in [-0.39, 0.29) is 11.9 Å². The molecular weight excluding hydrogens is 364 g/mol. The summed E-state index contributed by atoms with van der Waals surface area (Å²) >= 11 is 0. The van der Waals surface area contributed by atoms with Crippen molar-refractivity contribution >= 4 is 5.91 Å². The number of nitrogens with one attached hydrogen (secondary N) is 1. The lowest BCUT2D eigenvalue weighted by Gasteiger charge is -2.28. The highest BCUT2D eigenvalue weighted by Gasteiger charge is 2.23. The molecule has 0 spiro atoms. The van der Waals surface area contributed by atoms with Gasteiger partial charge in [0.25, 0.3) is 0 Å². The molecule has 29 heavy (non-hydrogen) atoms. The molecule has 5 heteroatoms. The first-order chi connectivity index (χ1) is 14.3.